The molecule has 3 aromatic carbocycles. The Morgan fingerprint density at radius 3 is 2.26 bits per heavy atom. The van der Waals surface area contributed by atoms with Crippen LogP contribution in [0.15, 0.2) is 78.9 Å². The number of carbonyl (C=O) groups excluding carboxylic acids is 2. The molecule has 1 fully saturated rings. The number of urea groups is 1. The number of nitrogens with zero attached hydrogens (tertiary/aromatic N) is 2. The van der Waals surface area contributed by atoms with Gasteiger partial charge in [0.2, 0.25) is 0 Å². The molecule has 1 heterocycles. The summed E-state index contributed by atoms with van der Waals surface area (Å²) in [4.78, 5) is 30.0. The number of aryl methyl sites for hydroxylation is 1. The molecule has 6 nitrogen and oxygen atoms in total. The molecule has 182 valence electrons. The van der Waals surface area contributed by atoms with Gasteiger partial charge in [-0.2, -0.15) is 0 Å². The Morgan fingerprint density at radius 1 is 0.857 bits per heavy atom. The monoisotopic (exact) mass is 471 g/mol. The Hall–Kier alpha value is -3.80. The van der Waals surface area contributed by atoms with Crippen LogP contribution in [0.5, 0.6) is 5.75 Å². The normalized spacial score (nSPS) is 14.7. The molecule has 4 rings (SSSR count). The summed E-state index contributed by atoms with van der Waals surface area (Å²) in [7, 11) is 0. The number of hydrogen-bond donors (Lipinski definition) is 1. The molecule has 6 heteroatoms. The number of ether oxygens (including phenoxy) is 1. The maximum absolute atomic E-state index is 13.4. The Kier molecular flexibility index (Phi) is 8.03. The van der Waals surface area contributed by atoms with E-state index in [4.69, 9.17) is 4.74 Å². The van der Waals surface area contributed by atoms with Gasteiger partial charge in [-0.15, -0.1) is 0 Å². The summed E-state index contributed by atoms with van der Waals surface area (Å²) < 4.78 is 5.58. The SMILES string of the molecule is CCOc1ccc(C(NC(=O)N2CCCN(C(=O)c3cccc(C)c3)CC2)c2ccccc2)cc1. The van der Waals surface area contributed by atoms with Crippen molar-refractivity contribution in [3.63, 3.8) is 0 Å². The standard InChI is InChI=1S/C29H33N3O3/c1-3-35-26-15-13-24(14-16-26)27(23-10-5-4-6-11-23)30-29(34)32-18-8-17-31(19-20-32)28(33)25-12-7-9-22(2)21-25/h4-7,9-16,21,27H,3,8,17-20H2,1-2H3,(H,30,34). The van der Waals surface area contributed by atoms with Crippen molar-refractivity contribution in [1.29, 1.82) is 0 Å². The average Bonchev–Trinajstić information content (AvgIpc) is 3.15. The molecule has 1 aliphatic heterocycles. The zero-order valence-corrected chi connectivity index (χ0v) is 20.4. The summed E-state index contributed by atoms with van der Waals surface area (Å²) in [6.07, 6.45) is 0.740. The minimum absolute atomic E-state index is 0.0208. The molecule has 3 aromatic rings. The number of hydrogen-bond acceptors (Lipinski definition) is 3. The summed E-state index contributed by atoms with van der Waals surface area (Å²) in [5.41, 5.74) is 3.76. The van der Waals surface area contributed by atoms with Crippen LogP contribution in [0.1, 0.15) is 46.4 Å². The van der Waals surface area contributed by atoms with Crippen molar-refractivity contribution in [2.45, 2.75) is 26.3 Å². The second-order valence-corrected chi connectivity index (χ2v) is 8.80. The topological polar surface area (TPSA) is 61.9 Å². The minimum Gasteiger partial charge on any atom is -0.494 e. The molecule has 0 radical (unpaired) electrons. The van der Waals surface area contributed by atoms with Crippen LogP contribution in [0.25, 0.3) is 0 Å². The van der Waals surface area contributed by atoms with Crippen molar-refractivity contribution >= 4 is 11.9 Å². The fourth-order valence-electron chi connectivity index (χ4n) is 4.43. The van der Waals surface area contributed by atoms with Gasteiger partial charge in [0.15, 0.2) is 0 Å². The van der Waals surface area contributed by atoms with Crippen LogP contribution in [0.3, 0.4) is 0 Å². The molecule has 1 saturated heterocycles. The van der Waals surface area contributed by atoms with E-state index in [2.05, 4.69) is 5.32 Å². The quantitative estimate of drug-likeness (QED) is 0.548. The molecule has 0 aromatic heterocycles. The first-order valence-corrected chi connectivity index (χ1v) is 12.2. The van der Waals surface area contributed by atoms with E-state index in [0.717, 1.165) is 28.9 Å². The van der Waals surface area contributed by atoms with Gasteiger partial charge in [-0.1, -0.05) is 60.2 Å². The van der Waals surface area contributed by atoms with Gasteiger partial charge in [-0.05, 0) is 55.7 Å². The van der Waals surface area contributed by atoms with Crippen LogP contribution < -0.4 is 10.1 Å². The minimum atomic E-state index is -0.285. The molecule has 0 spiro atoms. The lowest BCUT2D eigenvalue weighted by atomic mass is 9.98. The van der Waals surface area contributed by atoms with E-state index in [1.807, 2.05) is 103 Å². The van der Waals surface area contributed by atoms with E-state index in [1.165, 1.54) is 0 Å². The number of nitrogens with one attached hydrogen (secondary N) is 1. The first-order chi connectivity index (χ1) is 17.0. The average molecular weight is 472 g/mol. The summed E-state index contributed by atoms with van der Waals surface area (Å²) in [5.74, 6) is 0.827. The zero-order valence-electron chi connectivity index (χ0n) is 20.4. The van der Waals surface area contributed by atoms with Crippen molar-refractivity contribution in [1.82, 2.24) is 15.1 Å². The summed E-state index contributed by atoms with van der Waals surface area (Å²) in [6.45, 7) is 6.80. The van der Waals surface area contributed by atoms with Crippen molar-refractivity contribution in [2.75, 3.05) is 32.8 Å². The highest BCUT2D eigenvalue weighted by molar-refractivity contribution is 5.94. The predicted molar refractivity (Wildman–Crippen MR) is 138 cm³/mol. The predicted octanol–water partition coefficient (Wildman–Crippen LogP) is 5.04. The largest absolute Gasteiger partial charge is 0.494 e. The number of benzene rings is 3. The number of rotatable bonds is 6. The fraction of sp³-hybridized carbons (Fsp3) is 0.310. The highest BCUT2D eigenvalue weighted by atomic mass is 16.5. The summed E-state index contributed by atoms with van der Waals surface area (Å²) >= 11 is 0. The van der Waals surface area contributed by atoms with Gasteiger partial charge in [-0.25, -0.2) is 4.79 Å². The van der Waals surface area contributed by atoms with Gasteiger partial charge in [0.05, 0.1) is 12.6 Å². The van der Waals surface area contributed by atoms with Crippen LogP contribution in [0.4, 0.5) is 4.79 Å². The maximum atomic E-state index is 13.4. The Labute approximate surface area is 207 Å². The van der Waals surface area contributed by atoms with E-state index in [1.54, 1.807) is 0 Å². The summed E-state index contributed by atoms with van der Waals surface area (Å²) in [6, 6.07) is 25.1. The fourth-order valence-corrected chi connectivity index (χ4v) is 4.43. The van der Waals surface area contributed by atoms with Crippen LogP contribution in [0, 0.1) is 6.92 Å². The van der Waals surface area contributed by atoms with Crippen molar-refractivity contribution in [3.8, 4) is 5.75 Å². The molecule has 1 aliphatic rings. The molecule has 1 unspecified atom stereocenters. The Morgan fingerprint density at radius 2 is 1.54 bits per heavy atom. The highest BCUT2D eigenvalue weighted by Crippen LogP contribution is 2.25. The molecule has 0 aliphatic carbocycles. The lowest BCUT2D eigenvalue weighted by Crippen LogP contribution is -2.44. The third kappa shape index (κ3) is 6.21. The molecular weight excluding hydrogens is 438 g/mol. The first-order valence-electron chi connectivity index (χ1n) is 12.2. The maximum Gasteiger partial charge on any atom is 0.318 e. The smallest absolute Gasteiger partial charge is 0.318 e. The molecule has 3 amide bonds. The van der Waals surface area contributed by atoms with Crippen LogP contribution in [0.2, 0.25) is 0 Å². The second kappa shape index (κ2) is 11.6. The molecule has 1 N–H and O–H groups in total. The van der Waals surface area contributed by atoms with Gasteiger partial charge in [0, 0.05) is 31.7 Å². The van der Waals surface area contributed by atoms with E-state index >= 15 is 0 Å². The van der Waals surface area contributed by atoms with Gasteiger partial charge < -0.3 is 19.9 Å². The van der Waals surface area contributed by atoms with Crippen molar-refractivity contribution in [3.05, 3.63) is 101 Å². The van der Waals surface area contributed by atoms with Crippen LogP contribution >= 0.6 is 0 Å². The van der Waals surface area contributed by atoms with E-state index in [0.29, 0.717) is 38.3 Å². The highest BCUT2D eigenvalue weighted by Gasteiger charge is 2.25. The van der Waals surface area contributed by atoms with Gasteiger partial charge >= 0.3 is 6.03 Å². The molecular formula is C29H33N3O3. The number of carbonyl (C=O) groups is 2. The van der Waals surface area contributed by atoms with E-state index in [9.17, 15) is 9.59 Å². The summed E-state index contributed by atoms with van der Waals surface area (Å²) in [5, 5.41) is 3.22. The molecule has 1 atom stereocenters. The van der Waals surface area contributed by atoms with Gasteiger partial charge in [0.25, 0.3) is 5.91 Å². The third-order valence-corrected chi connectivity index (χ3v) is 6.26. The van der Waals surface area contributed by atoms with Crippen molar-refractivity contribution < 1.29 is 14.3 Å². The van der Waals surface area contributed by atoms with Gasteiger partial charge in [-0.3, -0.25) is 4.79 Å². The lowest BCUT2D eigenvalue weighted by Gasteiger charge is -2.26. The van der Waals surface area contributed by atoms with Gasteiger partial charge in [0.1, 0.15) is 5.75 Å². The van der Waals surface area contributed by atoms with E-state index < -0.39 is 0 Å². The Bertz CT molecular complexity index is 1130. The second-order valence-electron chi connectivity index (χ2n) is 8.80. The zero-order chi connectivity index (χ0) is 24.6. The lowest BCUT2D eigenvalue weighted by molar-refractivity contribution is 0.0762. The number of amides is 3. The molecule has 0 bridgehead atoms. The Balaban J connectivity index is 1.45. The third-order valence-electron chi connectivity index (χ3n) is 6.26. The van der Waals surface area contributed by atoms with Crippen LogP contribution in [-0.2, 0) is 0 Å². The van der Waals surface area contributed by atoms with E-state index in [-0.39, 0.29) is 18.0 Å². The first kappa shape index (κ1) is 24.3. The molecule has 0 saturated carbocycles. The van der Waals surface area contributed by atoms with Crippen LogP contribution in [-0.4, -0.2) is 54.5 Å². The van der Waals surface area contributed by atoms with Crippen molar-refractivity contribution in [2.24, 2.45) is 0 Å². The molecule has 35 heavy (non-hydrogen) atoms.